The molecule has 0 aromatic rings. The Morgan fingerprint density at radius 2 is 2.13 bits per heavy atom. The Balaban J connectivity index is 2.35. The number of hydrogen-bond donors (Lipinski definition) is 2. The summed E-state index contributed by atoms with van der Waals surface area (Å²) in [4.78, 5) is 11.7. The third kappa shape index (κ3) is 3.44. The van der Waals surface area contributed by atoms with Gasteiger partial charge in [0.05, 0.1) is 12.1 Å². The van der Waals surface area contributed by atoms with Crippen LogP contribution in [0, 0.1) is 0 Å². The quantitative estimate of drug-likeness (QED) is 0.628. The highest BCUT2D eigenvalue weighted by molar-refractivity contribution is 5.82. The Labute approximate surface area is 90.5 Å². The van der Waals surface area contributed by atoms with Crippen molar-refractivity contribution in [3.63, 3.8) is 0 Å². The Kier molecular flexibility index (Phi) is 5.01. The number of hydrogen-bond acceptors (Lipinski definition) is 4. The van der Waals surface area contributed by atoms with Gasteiger partial charge in [0.1, 0.15) is 0 Å². The van der Waals surface area contributed by atoms with Crippen molar-refractivity contribution in [3.05, 3.63) is 0 Å². The minimum Gasteiger partial charge on any atom is -0.354 e. The van der Waals surface area contributed by atoms with E-state index in [1.165, 1.54) is 0 Å². The fourth-order valence-electron chi connectivity index (χ4n) is 1.81. The molecule has 2 atom stereocenters. The number of carbonyl (C=O) groups is 1. The Morgan fingerprint density at radius 3 is 2.60 bits per heavy atom. The molecule has 88 valence electrons. The number of amides is 1. The molecule has 0 radical (unpaired) electrons. The Hall–Kier alpha value is -0.650. The Bertz CT molecular complexity index is 201. The summed E-state index contributed by atoms with van der Waals surface area (Å²) in [7, 11) is 3.12. The van der Waals surface area contributed by atoms with Crippen molar-refractivity contribution in [3.8, 4) is 0 Å². The maximum atomic E-state index is 11.7. The number of rotatable bonds is 5. The van der Waals surface area contributed by atoms with Gasteiger partial charge in [0.15, 0.2) is 6.29 Å². The molecule has 1 aliphatic rings. The predicted octanol–water partition coefficient (Wildman–Crippen LogP) is -0.138. The van der Waals surface area contributed by atoms with Crippen molar-refractivity contribution < 1.29 is 14.3 Å². The lowest BCUT2D eigenvalue weighted by atomic mass is 10.2. The van der Waals surface area contributed by atoms with Crippen LogP contribution in [0.15, 0.2) is 0 Å². The van der Waals surface area contributed by atoms with Crippen LogP contribution in [0.2, 0.25) is 0 Å². The molecule has 0 aromatic carbocycles. The van der Waals surface area contributed by atoms with Crippen molar-refractivity contribution in [1.82, 2.24) is 10.6 Å². The van der Waals surface area contributed by atoms with Gasteiger partial charge in [0.2, 0.25) is 5.91 Å². The van der Waals surface area contributed by atoms with Crippen molar-refractivity contribution in [1.29, 1.82) is 0 Å². The van der Waals surface area contributed by atoms with E-state index in [4.69, 9.17) is 9.47 Å². The highest BCUT2D eigenvalue weighted by Crippen LogP contribution is 2.06. The van der Waals surface area contributed by atoms with Gasteiger partial charge in [-0.15, -0.1) is 0 Å². The molecule has 0 aromatic heterocycles. The first kappa shape index (κ1) is 12.4. The van der Waals surface area contributed by atoms with Gasteiger partial charge < -0.3 is 20.1 Å². The van der Waals surface area contributed by atoms with Crippen molar-refractivity contribution >= 4 is 5.91 Å². The van der Waals surface area contributed by atoms with Crippen LogP contribution >= 0.6 is 0 Å². The van der Waals surface area contributed by atoms with E-state index in [0.717, 1.165) is 19.4 Å². The first-order valence-corrected chi connectivity index (χ1v) is 5.28. The van der Waals surface area contributed by atoms with E-state index < -0.39 is 6.29 Å². The summed E-state index contributed by atoms with van der Waals surface area (Å²) in [6.45, 7) is 2.79. The van der Waals surface area contributed by atoms with Gasteiger partial charge in [0.25, 0.3) is 0 Å². The van der Waals surface area contributed by atoms with Crippen LogP contribution in [-0.4, -0.2) is 45.0 Å². The molecule has 1 saturated heterocycles. The standard InChI is InChI=1S/C10H20N2O3/c1-7(10(14-2)15-3)12-9(13)8-5-4-6-11-8/h7-8,10-11H,4-6H2,1-3H3,(H,12,13). The zero-order chi connectivity index (χ0) is 11.3. The summed E-state index contributed by atoms with van der Waals surface area (Å²) in [5.74, 6) is 0.0269. The second-order valence-electron chi connectivity index (χ2n) is 3.79. The van der Waals surface area contributed by atoms with E-state index in [1.807, 2.05) is 6.92 Å². The molecule has 5 nitrogen and oxygen atoms in total. The predicted molar refractivity (Wildman–Crippen MR) is 56.4 cm³/mol. The molecule has 2 unspecified atom stereocenters. The van der Waals surface area contributed by atoms with E-state index in [2.05, 4.69) is 10.6 Å². The minimum atomic E-state index is -0.393. The molecule has 1 amide bonds. The third-order valence-electron chi connectivity index (χ3n) is 2.62. The second kappa shape index (κ2) is 6.05. The molecular weight excluding hydrogens is 196 g/mol. The van der Waals surface area contributed by atoms with Crippen LogP contribution in [0.4, 0.5) is 0 Å². The van der Waals surface area contributed by atoms with Crippen molar-refractivity contribution in [2.45, 2.75) is 38.1 Å². The van der Waals surface area contributed by atoms with Crippen molar-refractivity contribution in [2.75, 3.05) is 20.8 Å². The van der Waals surface area contributed by atoms with Gasteiger partial charge in [-0.2, -0.15) is 0 Å². The van der Waals surface area contributed by atoms with Crippen LogP contribution in [0.3, 0.4) is 0 Å². The average Bonchev–Trinajstić information content (AvgIpc) is 2.72. The van der Waals surface area contributed by atoms with Gasteiger partial charge >= 0.3 is 0 Å². The summed E-state index contributed by atoms with van der Waals surface area (Å²) < 4.78 is 10.1. The maximum absolute atomic E-state index is 11.7. The molecule has 0 bridgehead atoms. The molecule has 1 fully saturated rings. The lowest BCUT2D eigenvalue weighted by molar-refractivity contribution is -0.136. The van der Waals surface area contributed by atoms with E-state index in [0.29, 0.717) is 0 Å². The van der Waals surface area contributed by atoms with Gasteiger partial charge in [-0.25, -0.2) is 0 Å². The van der Waals surface area contributed by atoms with Crippen molar-refractivity contribution in [2.24, 2.45) is 0 Å². The Morgan fingerprint density at radius 1 is 1.47 bits per heavy atom. The average molecular weight is 216 g/mol. The fourth-order valence-corrected chi connectivity index (χ4v) is 1.81. The molecule has 1 rings (SSSR count). The van der Waals surface area contributed by atoms with Crippen LogP contribution < -0.4 is 10.6 Å². The molecule has 5 heteroatoms. The smallest absolute Gasteiger partial charge is 0.237 e. The number of methoxy groups -OCH3 is 2. The van der Waals surface area contributed by atoms with E-state index >= 15 is 0 Å². The summed E-state index contributed by atoms with van der Waals surface area (Å²) in [5.41, 5.74) is 0. The zero-order valence-electron chi connectivity index (χ0n) is 9.58. The molecule has 0 spiro atoms. The summed E-state index contributed by atoms with van der Waals surface area (Å²) in [5, 5.41) is 6.02. The molecular formula is C10H20N2O3. The summed E-state index contributed by atoms with van der Waals surface area (Å²) in [6.07, 6.45) is 1.57. The zero-order valence-corrected chi connectivity index (χ0v) is 9.58. The monoisotopic (exact) mass is 216 g/mol. The minimum absolute atomic E-state index is 0.0269. The molecule has 15 heavy (non-hydrogen) atoms. The SMILES string of the molecule is COC(OC)C(C)NC(=O)C1CCCN1. The van der Waals surface area contributed by atoms with Crippen LogP contribution in [-0.2, 0) is 14.3 Å². The fraction of sp³-hybridized carbons (Fsp3) is 0.900. The van der Waals surface area contributed by atoms with E-state index in [-0.39, 0.29) is 18.0 Å². The molecule has 2 N–H and O–H groups in total. The van der Waals surface area contributed by atoms with E-state index in [9.17, 15) is 4.79 Å². The highest BCUT2D eigenvalue weighted by atomic mass is 16.7. The summed E-state index contributed by atoms with van der Waals surface area (Å²) in [6, 6.07) is -0.197. The highest BCUT2D eigenvalue weighted by Gasteiger charge is 2.25. The van der Waals surface area contributed by atoms with E-state index in [1.54, 1.807) is 14.2 Å². The molecule has 1 heterocycles. The number of ether oxygens (including phenoxy) is 2. The molecule has 0 aliphatic carbocycles. The normalized spacial score (nSPS) is 23.1. The lowest BCUT2D eigenvalue weighted by Crippen LogP contribution is -2.49. The first-order chi connectivity index (χ1) is 7.19. The molecule has 1 aliphatic heterocycles. The van der Waals surface area contributed by atoms with Gasteiger partial charge in [-0.05, 0) is 26.3 Å². The third-order valence-corrected chi connectivity index (χ3v) is 2.62. The van der Waals surface area contributed by atoms with Gasteiger partial charge in [0, 0.05) is 14.2 Å². The number of carbonyl (C=O) groups excluding carboxylic acids is 1. The topological polar surface area (TPSA) is 59.6 Å². The van der Waals surface area contributed by atoms with Crippen LogP contribution in [0.1, 0.15) is 19.8 Å². The van der Waals surface area contributed by atoms with Gasteiger partial charge in [-0.3, -0.25) is 4.79 Å². The lowest BCUT2D eigenvalue weighted by Gasteiger charge is -2.23. The van der Waals surface area contributed by atoms with Crippen LogP contribution in [0.25, 0.3) is 0 Å². The first-order valence-electron chi connectivity index (χ1n) is 5.28. The second-order valence-corrected chi connectivity index (χ2v) is 3.79. The molecule has 0 saturated carbocycles. The number of nitrogens with one attached hydrogen (secondary N) is 2. The maximum Gasteiger partial charge on any atom is 0.237 e. The summed E-state index contributed by atoms with van der Waals surface area (Å²) >= 11 is 0. The van der Waals surface area contributed by atoms with Gasteiger partial charge in [-0.1, -0.05) is 0 Å². The largest absolute Gasteiger partial charge is 0.354 e. The van der Waals surface area contributed by atoms with Crippen LogP contribution in [0.5, 0.6) is 0 Å².